The predicted molar refractivity (Wildman–Crippen MR) is 112 cm³/mol. The molecule has 0 radical (unpaired) electrons. The number of rotatable bonds is 13. The van der Waals surface area contributed by atoms with Gasteiger partial charge in [0.25, 0.3) is 0 Å². The minimum absolute atomic E-state index is 0.0840. The van der Waals surface area contributed by atoms with Crippen molar-refractivity contribution in [3.05, 3.63) is 23.3 Å². The highest BCUT2D eigenvalue weighted by Gasteiger charge is 2.27. The molecule has 0 aliphatic carbocycles. The van der Waals surface area contributed by atoms with Crippen LogP contribution in [-0.4, -0.2) is 32.4 Å². The Labute approximate surface area is 173 Å². The van der Waals surface area contributed by atoms with Gasteiger partial charge < -0.3 is 20.4 Å². The number of aromatic hydroxyl groups is 2. The fourth-order valence-electron chi connectivity index (χ4n) is 3.22. The van der Waals surface area contributed by atoms with E-state index in [0.717, 1.165) is 32.1 Å². The maximum Gasteiger partial charge on any atom is 0.309 e. The SMILES string of the molecule is CC(C)(CCCCCc1ccc(CCCCC(C)(C)C(=O)O)c(O)c1O)C(=O)O. The van der Waals surface area contributed by atoms with E-state index in [0.29, 0.717) is 36.8 Å². The van der Waals surface area contributed by atoms with E-state index in [9.17, 15) is 19.8 Å². The quantitative estimate of drug-likeness (QED) is 0.265. The number of benzene rings is 1. The number of hydrogen-bond donors (Lipinski definition) is 4. The molecule has 0 aliphatic rings. The van der Waals surface area contributed by atoms with Gasteiger partial charge in [-0.3, -0.25) is 9.59 Å². The summed E-state index contributed by atoms with van der Waals surface area (Å²) in [7, 11) is 0. The van der Waals surface area contributed by atoms with Crippen LogP contribution in [-0.2, 0) is 22.4 Å². The molecule has 1 rings (SSSR count). The number of phenolic OH excluding ortho intramolecular Hbond substituents is 2. The molecule has 0 unspecified atom stereocenters. The van der Waals surface area contributed by atoms with E-state index in [-0.39, 0.29) is 11.5 Å². The average molecular weight is 409 g/mol. The van der Waals surface area contributed by atoms with E-state index < -0.39 is 22.8 Å². The summed E-state index contributed by atoms with van der Waals surface area (Å²) >= 11 is 0. The Morgan fingerprint density at radius 3 is 1.41 bits per heavy atom. The fraction of sp³-hybridized carbons (Fsp3) is 0.652. The van der Waals surface area contributed by atoms with Crippen LogP contribution < -0.4 is 0 Å². The molecule has 6 nitrogen and oxygen atoms in total. The van der Waals surface area contributed by atoms with Crippen molar-refractivity contribution in [1.29, 1.82) is 0 Å². The smallest absolute Gasteiger partial charge is 0.309 e. The summed E-state index contributed by atoms with van der Waals surface area (Å²) in [6.07, 6.45) is 6.32. The van der Waals surface area contributed by atoms with Crippen molar-refractivity contribution in [2.24, 2.45) is 10.8 Å². The van der Waals surface area contributed by atoms with Gasteiger partial charge in [0.1, 0.15) is 0 Å². The van der Waals surface area contributed by atoms with Gasteiger partial charge in [0.15, 0.2) is 11.5 Å². The van der Waals surface area contributed by atoms with Crippen molar-refractivity contribution in [2.45, 2.75) is 85.5 Å². The monoisotopic (exact) mass is 408 g/mol. The Bertz CT molecular complexity index is 706. The first kappa shape index (κ1) is 24.8. The van der Waals surface area contributed by atoms with Crippen LogP contribution in [0.3, 0.4) is 0 Å². The van der Waals surface area contributed by atoms with Crippen LogP contribution in [0.4, 0.5) is 0 Å². The second kappa shape index (κ2) is 10.5. The van der Waals surface area contributed by atoms with Gasteiger partial charge in [-0.25, -0.2) is 0 Å². The van der Waals surface area contributed by atoms with E-state index in [2.05, 4.69) is 0 Å². The van der Waals surface area contributed by atoms with Crippen LogP contribution in [0.1, 0.15) is 83.8 Å². The second-order valence-corrected chi connectivity index (χ2v) is 9.23. The maximum absolute atomic E-state index is 11.1. The molecular formula is C23H36O6. The predicted octanol–water partition coefficient (Wildman–Crippen LogP) is 5.14. The van der Waals surface area contributed by atoms with E-state index in [1.807, 2.05) is 12.1 Å². The molecule has 0 saturated carbocycles. The summed E-state index contributed by atoms with van der Waals surface area (Å²) < 4.78 is 0. The zero-order valence-electron chi connectivity index (χ0n) is 18.1. The Morgan fingerprint density at radius 1 is 0.690 bits per heavy atom. The van der Waals surface area contributed by atoms with E-state index in [1.54, 1.807) is 27.7 Å². The highest BCUT2D eigenvalue weighted by molar-refractivity contribution is 5.73. The van der Waals surface area contributed by atoms with Crippen molar-refractivity contribution in [1.82, 2.24) is 0 Å². The number of aliphatic carboxylic acids is 2. The van der Waals surface area contributed by atoms with Crippen molar-refractivity contribution in [2.75, 3.05) is 0 Å². The molecule has 4 N–H and O–H groups in total. The summed E-state index contributed by atoms with van der Waals surface area (Å²) in [5.41, 5.74) is -0.117. The number of carbonyl (C=O) groups is 2. The average Bonchev–Trinajstić information content (AvgIpc) is 2.62. The third kappa shape index (κ3) is 7.59. The Balaban J connectivity index is 2.48. The summed E-state index contributed by atoms with van der Waals surface area (Å²) in [4.78, 5) is 22.2. The number of carboxylic acids is 2. The number of phenols is 2. The molecule has 1 aromatic carbocycles. The topological polar surface area (TPSA) is 115 Å². The minimum Gasteiger partial charge on any atom is -0.504 e. The van der Waals surface area contributed by atoms with Crippen molar-refractivity contribution in [3.63, 3.8) is 0 Å². The Morgan fingerprint density at radius 2 is 1.03 bits per heavy atom. The number of hydrogen-bond acceptors (Lipinski definition) is 4. The molecule has 0 saturated heterocycles. The molecule has 0 spiro atoms. The third-order valence-electron chi connectivity index (χ3n) is 5.72. The highest BCUT2D eigenvalue weighted by Crippen LogP contribution is 2.35. The lowest BCUT2D eigenvalue weighted by molar-refractivity contribution is -0.148. The zero-order valence-corrected chi connectivity index (χ0v) is 18.1. The molecule has 0 fully saturated rings. The molecule has 0 amide bonds. The molecule has 0 aliphatic heterocycles. The Hall–Kier alpha value is -2.24. The van der Waals surface area contributed by atoms with Crippen molar-refractivity contribution in [3.8, 4) is 11.5 Å². The first-order valence-electron chi connectivity index (χ1n) is 10.4. The van der Waals surface area contributed by atoms with Crippen molar-refractivity contribution >= 4 is 11.9 Å². The molecule has 164 valence electrons. The van der Waals surface area contributed by atoms with Gasteiger partial charge in [0, 0.05) is 0 Å². The second-order valence-electron chi connectivity index (χ2n) is 9.23. The van der Waals surface area contributed by atoms with Gasteiger partial charge in [0.2, 0.25) is 0 Å². The first-order valence-corrected chi connectivity index (χ1v) is 10.4. The number of aryl methyl sites for hydroxylation is 2. The van der Waals surface area contributed by atoms with Crippen LogP contribution in [0.25, 0.3) is 0 Å². The molecule has 6 heteroatoms. The third-order valence-corrected chi connectivity index (χ3v) is 5.72. The standard InChI is InChI=1S/C23H36O6/c1-22(2,20(26)27)14-8-5-6-10-16-12-13-17(19(25)18(16)24)11-7-9-15-23(3,4)21(28)29/h12-13,24-25H,5-11,14-15H2,1-4H3,(H,26,27)(H,28,29). The minimum atomic E-state index is -0.811. The van der Waals surface area contributed by atoms with Crippen LogP contribution in [0.2, 0.25) is 0 Å². The van der Waals surface area contributed by atoms with Crippen LogP contribution in [0, 0.1) is 10.8 Å². The Kier molecular flexibility index (Phi) is 8.99. The normalized spacial score (nSPS) is 12.1. The van der Waals surface area contributed by atoms with Gasteiger partial charge >= 0.3 is 11.9 Å². The summed E-state index contributed by atoms with van der Waals surface area (Å²) in [5.74, 6) is -1.78. The lowest BCUT2D eigenvalue weighted by atomic mass is 9.86. The molecule has 29 heavy (non-hydrogen) atoms. The van der Waals surface area contributed by atoms with Crippen LogP contribution in [0.5, 0.6) is 11.5 Å². The van der Waals surface area contributed by atoms with Gasteiger partial charge in [-0.05, 0) is 77.3 Å². The van der Waals surface area contributed by atoms with E-state index in [4.69, 9.17) is 10.2 Å². The summed E-state index contributed by atoms with van der Waals surface area (Å²) in [6.45, 7) is 6.85. The highest BCUT2D eigenvalue weighted by atomic mass is 16.4. The molecule has 0 aromatic heterocycles. The lowest BCUT2D eigenvalue weighted by Crippen LogP contribution is -2.23. The maximum atomic E-state index is 11.1. The van der Waals surface area contributed by atoms with Gasteiger partial charge in [-0.1, -0.05) is 31.4 Å². The molecule has 0 heterocycles. The molecular weight excluding hydrogens is 372 g/mol. The van der Waals surface area contributed by atoms with Crippen LogP contribution in [0.15, 0.2) is 12.1 Å². The van der Waals surface area contributed by atoms with Gasteiger partial charge in [-0.2, -0.15) is 0 Å². The van der Waals surface area contributed by atoms with Crippen LogP contribution >= 0.6 is 0 Å². The van der Waals surface area contributed by atoms with Gasteiger partial charge in [-0.15, -0.1) is 0 Å². The van der Waals surface area contributed by atoms with Gasteiger partial charge in [0.05, 0.1) is 10.8 Å². The lowest BCUT2D eigenvalue weighted by Gasteiger charge is -2.19. The fourth-order valence-corrected chi connectivity index (χ4v) is 3.22. The number of carboxylic acid groups (broad SMARTS) is 2. The van der Waals surface area contributed by atoms with E-state index in [1.165, 1.54) is 0 Å². The summed E-state index contributed by atoms with van der Waals surface area (Å²) in [5, 5.41) is 38.8. The largest absolute Gasteiger partial charge is 0.504 e. The zero-order chi connectivity index (χ0) is 22.2. The number of unbranched alkanes of at least 4 members (excludes halogenated alkanes) is 3. The molecule has 1 aromatic rings. The summed E-state index contributed by atoms with van der Waals surface area (Å²) in [6, 6.07) is 3.65. The van der Waals surface area contributed by atoms with E-state index >= 15 is 0 Å². The molecule has 0 atom stereocenters. The van der Waals surface area contributed by atoms with Crippen molar-refractivity contribution < 1.29 is 30.0 Å². The molecule has 0 bridgehead atoms. The first-order chi connectivity index (χ1) is 13.4.